The van der Waals surface area contributed by atoms with E-state index in [1.54, 1.807) is 0 Å². The first kappa shape index (κ1) is 12.6. The highest BCUT2D eigenvalue weighted by molar-refractivity contribution is 5.90. The zero-order chi connectivity index (χ0) is 13.0. The molecule has 0 spiro atoms. The van der Waals surface area contributed by atoms with Crippen molar-refractivity contribution in [3.8, 4) is 0 Å². The van der Waals surface area contributed by atoms with Crippen molar-refractivity contribution in [1.29, 1.82) is 0 Å². The van der Waals surface area contributed by atoms with Crippen LogP contribution < -0.4 is 10.6 Å². The van der Waals surface area contributed by atoms with E-state index in [0.717, 1.165) is 0 Å². The maximum absolute atomic E-state index is 11.8. The first-order chi connectivity index (χ1) is 8.66. The Morgan fingerprint density at radius 2 is 2.17 bits per heavy atom. The van der Waals surface area contributed by atoms with Crippen molar-refractivity contribution in [3.05, 3.63) is 35.9 Å². The summed E-state index contributed by atoms with van der Waals surface area (Å²) in [6.07, 6.45) is 1.05. The SMILES string of the molecule is C[C@@H](CNC(=O)[C@H]1CCC(=O)N1)c1ccccc1. The second-order valence-electron chi connectivity index (χ2n) is 4.72. The topological polar surface area (TPSA) is 58.2 Å². The van der Waals surface area contributed by atoms with Gasteiger partial charge in [-0.25, -0.2) is 0 Å². The van der Waals surface area contributed by atoms with Gasteiger partial charge in [0.15, 0.2) is 0 Å². The number of amides is 2. The molecule has 0 aromatic heterocycles. The number of hydrogen-bond donors (Lipinski definition) is 2. The molecular weight excluding hydrogens is 228 g/mol. The molecular formula is C14H18N2O2. The summed E-state index contributed by atoms with van der Waals surface area (Å²) in [7, 11) is 0. The Bertz CT molecular complexity index is 431. The molecule has 1 saturated heterocycles. The largest absolute Gasteiger partial charge is 0.354 e. The molecule has 1 aliphatic rings. The van der Waals surface area contributed by atoms with Crippen molar-refractivity contribution in [3.63, 3.8) is 0 Å². The van der Waals surface area contributed by atoms with Gasteiger partial charge >= 0.3 is 0 Å². The van der Waals surface area contributed by atoms with Crippen LogP contribution in [-0.2, 0) is 9.59 Å². The molecule has 2 rings (SSSR count). The third-order valence-corrected chi connectivity index (χ3v) is 3.26. The molecule has 18 heavy (non-hydrogen) atoms. The van der Waals surface area contributed by atoms with E-state index in [1.165, 1.54) is 5.56 Å². The monoisotopic (exact) mass is 246 g/mol. The van der Waals surface area contributed by atoms with E-state index >= 15 is 0 Å². The molecule has 0 unspecified atom stereocenters. The van der Waals surface area contributed by atoms with Gasteiger partial charge in [0.05, 0.1) is 0 Å². The van der Waals surface area contributed by atoms with Gasteiger partial charge in [-0.1, -0.05) is 37.3 Å². The number of rotatable bonds is 4. The summed E-state index contributed by atoms with van der Waals surface area (Å²) in [5.74, 6) is 0.155. The van der Waals surface area contributed by atoms with Crippen LogP contribution in [0.5, 0.6) is 0 Å². The van der Waals surface area contributed by atoms with Crippen molar-refractivity contribution >= 4 is 11.8 Å². The first-order valence-corrected chi connectivity index (χ1v) is 6.29. The van der Waals surface area contributed by atoms with Crippen LogP contribution in [0.15, 0.2) is 30.3 Å². The highest BCUT2D eigenvalue weighted by Crippen LogP contribution is 2.13. The van der Waals surface area contributed by atoms with E-state index in [-0.39, 0.29) is 23.8 Å². The molecule has 0 bridgehead atoms. The van der Waals surface area contributed by atoms with Crippen molar-refractivity contribution in [2.75, 3.05) is 6.54 Å². The summed E-state index contributed by atoms with van der Waals surface area (Å²) >= 11 is 0. The van der Waals surface area contributed by atoms with Gasteiger partial charge in [-0.15, -0.1) is 0 Å². The summed E-state index contributed by atoms with van der Waals surface area (Å²) < 4.78 is 0. The Morgan fingerprint density at radius 1 is 1.44 bits per heavy atom. The Hall–Kier alpha value is -1.84. The summed E-state index contributed by atoms with van der Waals surface area (Å²) in [5.41, 5.74) is 1.20. The second-order valence-corrected chi connectivity index (χ2v) is 4.72. The summed E-state index contributed by atoms with van der Waals surface area (Å²) in [6, 6.07) is 9.71. The summed E-state index contributed by atoms with van der Waals surface area (Å²) in [4.78, 5) is 22.8. The van der Waals surface area contributed by atoms with Gasteiger partial charge in [0.1, 0.15) is 6.04 Å². The highest BCUT2D eigenvalue weighted by Gasteiger charge is 2.26. The van der Waals surface area contributed by atoms with E-state index in [2.05, 4.69) is 17.6 Å². The molecule has 0 saturated carbocycles. The maximum Gasteiger partial charge on any atom is 0.242 e. The smallest absolute Gasteiger partial charge is 0.242 e. The minimum absolute atomic E-state index is 0.0359. The molecule has 96 valence electrons. The lowest BCUT2D eigenvalue weighted by Gasteiger charge is -2.15. The average Bonchev–Trinajstić information content (AvgIpc) is 2.83. The number of nitrogens with one attached hydrogen (secondary N) is 2. The number of carbonyl (C=O) groups is 2. The van der Waals surface area contributed by atoms with Crippen molar-refractivity contribution in [2.45, 2.75) is 31.7 Å². The van der Waals surface area contributed by atoms with Crippen molar-refractivity contribution in [1.82, 2.24) is 10.6 Å². The first-order valence-electron chi connectivity index (χ1n) is 6.29. The third-order valence-electron chi connectivity index (χ3n) is 3.26. The van der Waals surface area contributed by atoms with Gasteiger partial charge in [-0.2, -0.15) is 0 Å². The Morgan fingerprint density at radius 3 is 2.78 bits per heavy atom. The zero-order valence-electron chi connectivity index (χ0n) is 10.5. The highest BCUT2D eigenvalue weighted by atomic mass is 16.2. The molecule has 4 nitrogen and oxygen atoms in total. The van der Waals surface area contributed by atoms with Gasteiger partial charge in [0.2, 0.25) is 11.8 Å². The maximum atomic E-state index is 11.8. The molecule has 2 N–H and O–H groups in total. The third kappa shape index (κ3) is 3.09. The molecule has 1 aromatic carbocycles. The van der Waals surface area contributed by atoms with Gasteiger partial charge in [-0.3, -0.25) is 9.59 Å². The van der Waals surface area contributed by atoms with Gasteiger partial charge < -0.3 is 10.6 Å². The zero-order valence-corrected chi connectivity index (χ0v) is 10.5. The fourth-order valence-corrected chi connectivity index (χ4v) is 2.09. The minimum Gasteiger partial charge on any atom is -0.354 e. The van der Waals surface area contributed by atoms with Crippen LogP contribution in [0.4, 0.5) is 0 Å². The molecule has 1 aliphatic heterocycles. The molecule has 0 aliphatic carbocycles. The lowest BCUT2D eigenvalue weighted by Crippen LogP contribution is -2.42. The predicted molar refractivity (Wildman–Crippen MR) is 69.0 cm³/mol. The van der Waals surface area contributed by atoms with Crippen LogP contribution >= 0.6 is 0 Å². The fourth-order valence-electron chi connectivity index (χ4n) is 2.09. The lowest BCUT2D eigenvalue weighted by molar-refractivity contribution is -0.125. The summed E-state index contributed by atoms with van der Waals surface area (Å²) in [5, 5.41) is 5.56. The minimum atomic E-state index is -0.347. The van der Waals surface area contributed by atoms with Crippen LogP contribution in [0.25, 0.3) is 0 Å². The van der Waals surface area contributed by atoms with Crippen LogP contribution in [0.3, 0.4) is 0 Å². The van der Waals surface area contributed by atoms with Gasteiger partial charge in [-0.05, 0) is 17.9 Å². The molecule has 1 fully saturated rings. The fraction of sp³-hybridized carbons (Fsp3) is 0.429. The Balaban J connectivity index is 1.81. The standard InChI is InChI=1S/C14H18N2O2/c1-10(11-5-3-2-4-6-11)9-15-14(18)12-7-8-13(17)16-12/h2-6,10,12H,7-9H2,1H3,(H,15,18)(H,16,17)/t10-,12+/m0/s1. The van der Waals surface area contributed by atoms with Crippen LogP contribution in [0.1, 0.15) is 31.2 Å². The van der Waals surface area contributed by atoms with Crippen molar-refractivity contribution in [2.24, 2.45) is 0 Å². The molecule has 1 aromatic rings. The second kappa shape index (κ2) is 5.67. The molecule has 1 heterocycles. The number of benzene rings is 1. The van der Waals surface area contributed by atoms with E-state index in [4.69, 9.17) is 0 Å². The quantitative estimate of drug-likeness (QED) is 0.838. The Labute approximate surface area is 107 Å². The summed E-state index contributed by atoms with van der Waals surface area (Å²) in [6.45, 7) is 2.66. The van der Waals surface area contributed by atoms with E-state index < -0.39 is 0 Å². The number of hydrogen-bond acceptors (Lipinski definition) is 2. The van der Waals surface area contributed by atoms with E-state index in [9.17, 15) is 9.59 Å². The van der Waals surface area contributed by atoms with Gasteiger partial charge in [0.25, 0.3) is 0 Å². The average molecular weight is 246 g/mol. The van der Waals surface area contributed by atoms with Crippen molar-refractivity contribution < 1.29 is 9.59 Å². The van der Waals surface area contributed by atoms with Crippen LogP contribution in [-0.4, -0.2) is 24.4 Å². The van der Waals surface area contributed by atoms with Crippen LogP contribution in [0, 0.1) is 0 Å². The Kier molecular flexibility index (Phi) is 3.97. The van der Waals surface area contributed by atoms with E-state index in [1.807, 2.05) is 30.3 Å². The molecule has 2 amide bonds. The van der Waals surface area contributed by atoms with E-state index in [0.29, 0.717) is 19.4 Å². The molecule has 4 heteroatoms. The molecule has 0 radical (unpaired) electrons. The predicted octanol–water partition coefficient (Wildman–Crippen LogP) is 1.18. The normalized spacial score (nSPS) is 20.3. The number of carbonyl (C=O) groups excluding carboxylic acids is 2. The lowest BCUT2D eigenvalue weighted by atomic mass is 10.0. The van der Waals surface area contributed by atoms with Gasteiger partial charge in [0, 0.05) is 13.0 Å². The molecule has 2 atom stereocenters. The van der Waals surface area contributed by atoms with Crippen LogP contribution in [0.2, 0.25) is 0 Å².